The molecule has 0 bridgehead atoms. The summed E-state index contributed by atoms with van der Waals surface area (Å²) in [4.78, 5) is 32.6. The molecule has 1 rings (SSSR count). The maximum Gasteiger partial charge on any atom is 0.303 e. The van der Waals surface area contributed by atoms with Crippen molar-refractivity contribution < 1.29 is 28.6 Å². The van der Waals surface area contributed by atoms with Crippen LogP contribution in [0.1, 0.15) is 39.2 Å². The van der Waals surface area contributed by atoms with Crippen molar-refractivity contribution in [2.75, 3.05) is 32.1 Å². The molecule has 0 atom stereocenters. The standard InChI is InChI=1S/C14H20FNO2.C5H9NO3/c1-6-16(4)13-11(14(2,3)9-17)7-10(15)8-12(13)18-5;7-4-6-3-1-2-5(8)9/h7-9H,6H2,1-5H3;4H,1-3H2,(H,6,7)(H,8,9). The third-order valence-corrected chi connectivity index (χ3v) is 3.90. The van der Waals surface area contributed by atoms with Crippen LogP contribution in [0.5, 0.6) is 5.75 Å². The van der Waals surface area contributed by atoms with Crippen molar-refractivity contribution in [1.82, 2.24) is 5.32 Å². The van der Waals surface area contributed by atoms with Gasteiger partial charge in [0.1, 0.15) is 17.9 Å². The molecule has 0 aliphatic carbocycles. The highest BCUT2D eigenvalue weighted by Gasteiger charge is 2.27. The molecular formula is C19H29FN2O5. The Balaban J connectivity index is 0.000000636. The summed E-state index contributed by atoms with van der Waals surface area (Å²) < 4.78 is 18.8. The van der Waals surface area contributed by atoms with Crippen LogP contribution in [0, 0.1) is 5.82 Å². The number of nitrogens with one attached hydrogen (secondary N) is 1. The van der Waals surface area contributed by atoms with Gasteiger partial charge in [-0.05, 0) is 38.8 Å². The number of benzene rings is 1. The number of halogens is 1. The number of amides is 1. The van der Waals surface area contributed by atoms with E-state index in [0.717, 1.165) is 18.5 Å². The smallest absolute Gasteiger partial charge is 0.303 e. The van der Waals surface area contributed by atoms with Gasteiger partial charge in [0.25, 0.3) is 0 Å². The SMILES string of the molecule is CCN(C)c1c(OC)cc(F)cc1C(C)(C)C=O.O=CNCCCC(=O)O. The van der Waals surface area contributed by atoms with Gasteiger partial charge in [-0.25, -0.2) is 4.39 Å². The molecule has 1 aromatic carbocycles. The number of methoxy groups -OCH3 is 1. The van der Waals surface area contributed by atoms with Gasteiger partial charge >= 0.3 is 5.97 Å². The van der Waals surface area contributed by atoms with Crippen LogP contribution in [-0.2, 0) is 19.8 Å². The molecule has 0 saturated heterocycles. The minimum atomic E-state index is -0.831. The molecule has 152 valence electrons. The van der Waals surface area contributed by atoms with Gasteiger partial charge in [0, 0.05) is 38.0 Å². The minimum absolute atomic E-state index is 0.112. The van der Waals surface area contributed by atoms with E-state index in [0.29, 0.717) is 30.7 Å². The first kappa shape index (κ1) is 24.4. The Hall–Kier alpha value is -2.64. The normalized spacial score (nSPS) is 10.3. The van der Waals surface area contributed by atoms with Crippen molar-refractivity contribution in [2.24, 2.45) is 0 Å². The zero-order valence-electron chi connectivity index (χ0n) is 16.5. The quantitative estimate of drug-likeness (QED) is 0.475. The molecular weight excluding hydrogens is 355 g/mol. The lowest BCUT2D eigenvalue weighted by Gasteiger charge is -2.29. The van der Waals surface area contributed by atoms with E-state index in [2.05, 4.69) is 5.32 Å². The number of anilines is 1. The Bertz CT molecular complexity index is 635. The minimum Gasteiger partial charge on any atom is -0.494 e. The summed E-state index contributed by atoms with van der Waals surface area (Å²) in [6.07, 6.45) is 1.99. The zero-order chi connectivity index (χ0) is 21.0. The molecule has 0 radical (unpaired) electrons. The number of ether oxygens (including phenoxy) is 1. The van der Waals surface area contributed by atoms with Gasteiger partial charge in [0.05, 0.1) is 12.8 Å². The van der Waals surface area contributed by atoms with Crippen molar-refractivity contribution in [1.29, 1.82) is 0 Å². The Labute approximate surface area is 159 Å². The highest BCUT2D eigenvalue weighted by Crippen LogP contribution is 2.38. The Morgan fingerprint density at radius 2 is 2.00 bits per heavy atom. The summed E-state index contributed by atoms with van der Waals surface area (Å²) in [5.41, 5.74) is 0.644. The van der Waals surface area contributed by atoms with Gasteiger partial charge in [-0.15, -0.1) is 0 Å². The maximum absolute atomic E-state index is 13.6. The van der Waals surface area contributed by atoms with Crippen molar-refractivity contribution in [3.05, 3.63) is 23.5 Å². The monoisotopic (exact) mass is 384 g/mol. The van der Waals surface area contributed by atoms with E-state index in [1.807, 2.05) is 18.9 Å². The first-order chi connectivity index (χ1) is 12.6. The molecule has 0 aromatic heterocycles. The summed E-state index contributed by atoms with van der Waals surface area (Å²) in [5, 5.41) is 10.5. The Morgan fingerprint density at radius 3 is 2.44 bits per heavy atom. The van der Waals surface area contributed by atoms with Crippen LogP contribution in [0.15, 0.2) is 12.1 Å². The average molecular weight is 384 g/mol. The molecule has 0 aliphatic heterocycles. The van der Waals surface area contributed by atoms with Gasteiger partial charge in [-0.2, -0.15) is 0 Å². The zero-order valence-corrected chi connectivity index (χ0v) is 16.5. The van der Waals surface area contributed by atoms with E-state index >= 15 is 0 Å². The molecule has 27 heavy (non-hydrogen) atoms. The number of rotatable bonds is 10. The molecule has 0 saturated carbocycles. The highest BCUT2D eigenvalue weighted by molar-refractivity contribution is 5.76. The molecule has 1 amide bonds. The lowest BCUT2D eigenvalue weighted by molar-refractivity contribution is -0.137. The van der Waals surface area contributed by atoms with Gasteiger partial charge in [-0.3, -0.25) is 9.59 Å². The van der Waals surface area contributed by atoms with E-state index in [1.165, 1.54) is 19.2 Å². The van der Waals surface area contributed by atoms with E-state index in [-0.39, 0.29) is 6.42 Å². The van der Waals surface area contributed by atoms with Crippen LogP contribution < -0.4 is 15.0 Å². The number of carbonyl (C=O) groups is 3. The van der Waals surface area contributed by atoms with Crippen LogP contribution in [0.2, 0.25) is 0 Å². The topological polar surface area (TPSA) is 95.9 Å². The van der Waals surface area contributed by atoms with E-state index in [4.69, 9.17) is 9.84 Å². The Morgan fingerprint density at radius 1 is 1.37 bits per heavy atom. The van der Waals surface area contributed by atoms with Crippen LogP contribution in [0.25, 0.3) is 0 Å². The number of carboxylic acid groups (broad SMARTS) is 1. The summed E-state index contributed by atoms with van der Waals surface area (Å²) >= 11 is 0. The molecule has 1 aromatic rings. The van der Waals surface area contributed by atoms with Crippen molar-refractivity contribution in [3.63, 3.8) is 0 Å². The van der Waals surface area contributed by atoms with E-state index < -0.39 is 17.2 Å². The summed E-state index contributed by atoms with van der Waals surface area (Å²) in [7, 11) is 3.39. The number of carbonyl (C=O) groups excluding carboxylic acids is 2. The maximum atomic E-state index is 13.6. The predicted molar refractivity (Wildman–Crippen MR) is 102 cm³/mol. The number of aldehydes is 1. The molecule has 2 N–H and O–H groups in total. The summed E-state index contributed by atoms with van der Waals surface area (Å²) in [6.45, 7) is 6.70. The number of hydrogen-bond acceptors (Lipinski definition) is 5. The number of hydrogen-bond donors (Lipinski definition) is 2. The molecule has 7 nitrogen and oxygen atoms in total. The second-order valence-corrected chi connectivity index (χ2v) is 6.43. The number of nitrogens with zero attached hydrogens (tertiary/aromatic N) is 1. The van der Waals surface area contributed by atoms with Crippen molar-refractivity contribution >= 4 is 24.4 Å². The second-order valence-electron chi connectivity index (χ2n) is 6.43. The van der Waals surface area contributed by atoms with Gasteiger partial charge < -0.3 is 24.9 Å². The highest BCUT2D eigenvalue weighted by atomic mass is 19.1. The van der Waals surface area contributed by atoms with Gasteiger partial charge in [-0.1, -0.05) is 0 Å². The fraction of sp³-hybridized carbons (Fsp3) is 0.526. The average Bonchev–Trinajstić information content (AvgIpc) is 2.64. The molecule has 0 spiro atoms. The van der Waals surface area contributed by atoms with Crippen LogP contribution in [0.4, 0.5) is 10.1 Å². The first-order valence-electron chi connectivity index (χ1n) is 8.58. The third kappa shape index (κ3) is 8.06. The lowest BCUT2D eigenvalue weighted by atomic mass is 9.84. The fourth-order valence-electron chi connectivity index (χ4n) is 2.24. The second kappa shape index (κ2) is 11.9. The van der Waals surface area contributed by atoms with E-state index in [1.54, 1.807) is 13.8 Å². The number of carboxylic acids is 1. The summed E-state index contributed by atoms with van der Waals surface area (Å²) in [5.74, 6) is -0.781. The van der Waals surface area contributed by atoms with Crippen LogP contribution in [0.3, 0.4) is 0 Å². The van der Waals surface area contributed by atoms with Gasteiger partial charge in [0.2, 0.25) is 6.41 Å². The fourth-order valence-corrected chi connectivity index (χ4v) is 2.24. The van der Waals surface area contributed by atoms with E-state index in [9.17, 15) is 18.8 Å². The predicted octanol–water partition coefficient (Wildman–Crippen LogP) is 2.36. The van der Waals surface area contributed by atoms with Crippen LogP contribution >= 0.6 is 0 Å². The van der Waals surface area contributed by atoms with Gasteiger partial charge in [0.15, 0.2) is 0 Å². The van der Waals surface area contributed by atoms with Crippen LogP contribution in [-0.4, -0.2) is 51.0 Å². The largest absolute Gasteiger partial charge is 0.494 e. The van der Waals surface area contributed by atoms with Crippen molar-refractivity contribution in [3.8, 4) is 5.75 Å². The molecule has 0 unspecified atom stereocenters. The molecule has 8 heteroatoms. The molecule has 0 heterocycles. The third-order valence-electron chi connectivity index (χ3n) is 3.90. The first-order valence-corrected chi connectivity index (χ1v) is 8.58. The molecule has 0 fully saturated rings. The molecule has 0 aliphatic rings. The Kier molecular flexibility index (Phi) is 10.7. The number of aliphatic carboxylic acids is 1. The lowest BCUT2D eigenvalue weighted by Crippen LogP contribution is -2.26. The van der Waals surface area contributed by atoms with Crippen molar-refractivity contribution in [2.45, 2.75) is 39.0 Å². The summed E-state index contributed by atoms with van der Waals surface area (Å²) in [6, 6.07) is 2.74.